The third-order valence-electron chi connectivity index (χ3n) is 4.56. The molecule has 1 atom stereocenters. The van der Waals surface area contributed by atoms with Gasteiger partial charge in [0.25, 0.3) is 0 Å². The number of carbonyl (C=O) groups excluding carboxylic acids is 1. The summed E-state index contributed by atoms with van der Waals surface area (Å²) in [6, 6.07) is 0.233. The summed E-state index contributed by atoms with van der Waals surface area (Å²) >= 11 is 0. The largest absolute Gasteiger partial charge is 0.396 e. The maximum absolute atomic E-state index is 11.9. The number of nitrogens with one attached hydrogen (secondary N) is 2. The first-order valence-electron chi connectivity index (χ1n) is 7.92. The van der Waals surface area contributed by atoms with Crippen LogP contribution in [0.2, 0.25) is 0 Å². The Morgan fingerprint density at radius 1 is 1.35 bits per heavy atom. The van der Waals surface area contributed by atoms with Gasteiger partial charge in [0.1, 0.15) is 0 Å². The number of rotatable bonds is 6. The first-order chi connectivity index (χ1) is 9.27. The zero-order valence-electron chi connectivity index (χ0n) is 13.6. The first-order valence-corrected chi connectivity index (χ1v) is 7.92. The van der Waals surface area contributed by atoms with Crippen molar-refractivity contribution in [3.05, 3.63) is 0 Å². The summed E-state index contributed by atoms with van der Waals surface area (Å²) in [6.45, 7) is 9.41. The number of hydrogen-bond acceptors (Lipinski definition) is 2. The first kappa shape index (κ1) is 17.3. The Morgan fingerprint density at radius 2 is 2.05 bits per heavy atom. The molecule has 1 unspecified atom stereocenters. The molecule has 0 bridgehead atoms. The Morgan fingerprint density at radius 3 is 2.65 bits per heavy atom. The minimum atomic E-state index is -0.0521. The second-order valence-electron chi connectivity index (χ2n) is 7.61. The van der Waals surface area contributed by atoms with Crippen LogP contribution in [0.5, 0.6) is 0 Å². The lowest BCUT2D eigenvalue weighted by Gasteiger charge is -2.39. The molecule has 0 spiro atoms. The van der Waals surface area contributed by atoms with Gasteiger partial charge < -0.3 is 15.7 Å². The molecular formula is C16H32N2O2. The van der Waals surface area contributed by atoms with Gasteiger partial charge in [-0.2, -0.15) is 0 Å². The highest BCUT2D eigenvalue weighted by Crippen LogP contribution is 2.35. The Balaban J connectivity index is 2.23. The van der Waals surface area contributed by atoms with Crippen LogP contribution in [0.4, 0.5) is 4.79 Å². The second kappa shape index (κ2) is 7.30. The predicted molar refractivity (Wildman–Crippen MR) is 82.7 cm³/mol. The fraction of sp³-hybridized carbons (Fsp3) is 0.938. The number of hydrogen-bond donors (Lipinski definition) is 3. The fourth-order valence-electron chi connectivity index (χ4n) is 2.82. The van der Waals surface area contributed by atoms with Crippen LogP contribution in [-0.2, 0) is 0 Å². The standard InChI is InChI=1S/C16H32N2O2/c1-15(2,12-19)9-7-11-17-14(20)18-13-8-5-6-10-16(13,3)4/h13,19H,5-12H2,1-4H3,(H2,17,18,20). The summed E-state index contributed by atoms with van der Waals surface area (Å²) in [6.07, 6.45) is 6.55. The summed E-state index contributed by atoms with van der Waals surface area (Å²) in [5.74, 6) is 0. The number of urea groups is 1. The fourth-order valence-corrected chi connectivity index (χ4v) is 2.82. The lowest BCUT2D eigenvalue weighted by Crippen LogP contribution is -2.50. The lowest BCUT2D eigenvalue weighted by atomic mass is 9.73. The van der Waals surface area contributed by atoms with E-state index in [1.165, 1.54) is 19.3 Å². The Bertz CT molecular complexity index is 314. The van der Waals surface area contributed by atoms with Crippen LogP contribution in [0.25, 0.3) is 0 Å². The Kier molecular flexibility index (Phi) is 6.31. The van der Waals surface area contributed by atoms with Crippen molar-refractivity contribution in [2.24, 2.45) is 10.8 Å². The molecule has 0 aromatic carbocycles. The molecule has 0 radical (unpaired) electrons. The van der Waals surface area contributed by atoms with Crippen LogP contribution in [-0.4, -0.2) is 30.3 Å². The van der Waals surface area contributed by atoms with Gasteiger partial charge in [-0.3, -0.25) is 0 Å². The van der Waals surface area contributed by atoms with E-state index in [1.54, 1.807) is 0 Å². The Labute approximate surface area is 123 Å². The minimum Gasteiger partial charge on any atom is -0.396 e. The van der Waals surface area contributed by atoms with Gasteiger partial charge in [-0.1, -0.05) is 40.5 Å². The van der Waals surface area contributed by atoms with E-state index in [1.807, 2.05) is 13.8 Å². The number of aliphatic hydroxyl groups is 1. The normalized spacial score (nSPS) is 22.4. The summed E-state index contributed by atoms with van der Waals surface area (Å²) in [7, 11) is 0. The summed E-state index contributed by atoms with van der Waals surface area (Å²) in [4.78, 5) is 11.9. The molecule has 4 heteroatoms. The van der Waals surface area contributed by atoms with Gasteiger partial charge in [0.15, 0.2) is 0 Å². The molecule has 1 fully saturated rings. The topological polar surface area (TPSA) is 61.4 Å². The maximum atomic E-state index is 11.9. The summed E-state index contributed by atoms with van der Waals surface area (Å²) < 4.78 is 0. The van der Waals surface area contributed by atoms with Crippen LogP contribution in [0.3, 0.4) is 0 Å². The van der Waals surface area contributed by atoms with Crippen molar-refractivity contribution in [2.45, 2.75) is 72.3 Å². The van der Waals surface area contributed by atoms with Crippen LogP contribution in [0, 0.1) is 10.8 Å². The van der Waals surface area contributed by atoms with Gasteiger partial charge in [0.05, 0.1) is 0 Å². The number of carbonyl (C=O) groups is 1. The van der Waals surface area contributed by atoms with Gasteiger partial charge in [-0.05, 0) is 36.5 Å². The van der Waals surface area contributed by atoms with Crippen molar-refractivity contribution in [1.29, 1.82) is 0 Å². The van der Waals surface area contributed by atoms with Gasteiger partial charge in [0.2, 0.25) is 0 Å². The molecule has 0 aromatic rings. The van der Waals surface area contributed by atoms with Crippen LogP contribution < -0.4 is 10.6 Å². The average Bonchev–Trinajstić information content (AvgIpc) is 2.37. The molecule has 1 rings (SSSR count). The minimum absolute atomic E-state index is 0.0493. The van der Waals surface area contributed by atoms with Crippen LogP contribution in [0.1, 0.15) is 66.2 Å². The highest BCUT2D eigenvalue weighted by Gasteiger charge is 2.33. The average molecular weight is 284 g/mol. The SMILES string of the molecule is CC(C)(CO)CCCNC(=O)NC1CCCCC1(C)C. The van der Waals surface area contributed by atoms with Crippen molar-refractivity contribution in [3.8, 4) is 0 Å². The third kappa shape index (κ3) is 5.70. The van der Waals surface area contributed by atoms with Gasteiger partial charge in [-0.15, -0.1) is 0 Å². The van der Waals surface area contributed by atoms with E-state index in [0.717, 1.165) is 19.3 Å². The van der Waals surface area contributed by atoms with E-state index < -0.39 is 0 Å². The van der Waals surface area contributed by atoms with E-state index in [4.69, 9.17) is 0 Å². The molecule has 3 N–H and O–H groups in total. The summed E-state index contributed by atoms with van der Waals surface area (Å²) in [5.41, 5.74) is 0.151. The zero-order chi connectivity index (χ0) is 15.2. The van der Waals surface area contributed by atoms with Gasteiger partial charge in [-0.25, -0.2) is 4.79 Å². The van der Waals surface area contributed by atoms with E-state index in [-0.39, 0.29) is 29.5 Å². The maximum Gasteiger partial charge on any atom is 0.315 e. The molecule has 0 aliphatic heterocycles. The van der Waals surface area contributed by atoms with E-state index in [9.17, 15) is 9.90 Å². The predicted octanol–water partition coefficient (Wildman–Crippen LogP) is 3.05. The molecule has 1 saturated carbocycles. The van der Waals surface area contributed by atoms with E-state index in [0.29, 0.717) is 6.54 Å². The zero-order valence-corrected chi connectivity index (χ0v) is 13.6. The van der Waals surface area contributed by atoms with Crippen molar-refractivity contribution < 1.29 is 9.90 Å². The molecule has 118 valence electrons. The molecule has 4 nitrogen and oxygen atoms in total. The molecule has 2 amide bonds. The second-order valence-corrected chi connectivity index (χ2v) is 7.61. The summed E-state index contributed by atoms with van der Waals surface area (Å²) in [5, 5.41) is 15.2. The number of aliphatic hydroxyl groups excluding tert-OH is 1. The Hall–Kier alpha value is -0.770. The van der Waals surface area contributed by atoms with Crippen molar-refractivity contribution in [2.75, 3.05) is 13.2 Å². The highest BCUT2D eigenvalue weighted by molar-refractivity contribution is 5.74. The molecule has 0 saturated heterocycles. The number of amides is 2. The van der Waals surface area contributed by atoms with E-state index in [2.05, 4.69) is 24.5 Å². The van der Waals surface area contributed by atoms with Crippen LogP contribution >= 0.6 is 0 Å². The molecular weight excluding hydrogens is 252 g/mol. The smallest absolute Gasteiger partial charge is 0.315 e. The highest BCUT2D eigenvalue weighted by atomic mass is 16.3. The van der Waals surface area contributed by atoms with E-state index >= 15 is 0 Å². The van der Waals surface area contributed by atoms with Crippen molar-refractivity contribution in [3.63, 3.8) is 0 Å². The third-order valence-corrected chi connectivity index (χ3v) is 4.56. The van der Waals surface area contributed by atoms with Gasteiger partial charge in [0, 0.05) is 19.2 Å². The quantitative estimate of drug-likeness (QED) is 0.656. The molecule has 1 aliphatic rings. The van der Waals surface area contributed by atoms with Crippen molar-refractivity contribution >= 4 is 6.03 Å². The molecule has 0 aromatic heterocycles. The lowest BCUT2D eigenvalue weighted by molar-refractivity contribution is 0.147. The van der Waals surface area contributed by atoms with Crippen LogP contribution in [0.15, 0.2) is 0 Å². The van der Waals surface area contributed by atoms with Crippen molar-refractivity contribution in [1.82, 2.24) is 10.6 Å². The molecule has 0 heterocycles. The van der Waals surface area contributed by atoms with Gasteiger partial charge >= 0.3 is 6.03 Å². The monoisotopic (exact) mass is 284 g/mol. The molecule has 20 heavy (non-hydrogen) atoms. The molecule has 1 aliphatic carbocycles.